The van der Waals surface area contributed by atoms with E-state index in [0.29, 0.717) is 44.3 Å². The van der Waals surface area contributed by atoms with Crippen LogP contribution >= 0.6 is 0 Å². The van der Waals surface area contributed by atoms with Gasteiger partial charge in [0.15, 0.2) is 0 Å². The van der Waals surface area contributed by atoms with Crippen LogP contribution in [0.5, 0.6) is 0 Å². The Balaban J connectivity index is 1.39. The molecule has 3 aromatic rings. The summed E-state index contributed by atoms with van der Waals surface area (Å²) in [7, 11) is 0. The molecule has 4 rings (SSSR count). The molecule has 3 heterocycles. The van der Waals surface area contributed by atoms with Gasteiger partial charge in [0.1, 0.15) is 6.10 Å². The zero-order valence-electron chi connectivity index (χ0n) is 19.0. The first-order valence-electron chi connectivity index (χ1n) is 11.2. The molecule has 2 aromatic heterocycles. The van der Waals surface area contributed by atoms with Crippen LogP contribution in [0, 0.1) is 6.92 Å². The number of aromatic nitrogens is 3. The van der Waals surface area contributed by atoms with Gasteiger partial charge in [-0.05, 0) is 36.6 Å². The Morgan fingerprint density at radius 1 is 1.16 bits per heavy atom. The Labute approximate surface area is 188 Å². The Hall–Kier alpha value is -3.06. The van der Waals surface area contributed by atoms with Crippen molar-refractivity contribution in [3.05, 3.63) is 76.8 Å². The van der Waals surface area contributed by atoms with Crippen LogP contribution in [0.1, 0.15) is 66.6 Å². The predicted molar refractivity (Wildman–Crippen MR) is 120 cm³/mol. The molecule has 32 heavy (non-hydrogen) atoms. The number of aryl methyl sites for hydroxylation is 2. The monoisotopic (exact) mass is 434 g/mol. The number of carbonyl (C=O) groups is 1. The van der Waals surface area contributed by atoms with Crippen molar-refractivity contribution < 1.29 is 13.9 Å². The third-order valence-electron chi connectivity index (χ3n) is 5.56. The molecular formula is C25H30N4O3. The van der Waals surface area contributed by atoms with Gasteiger partial charge >= 0.3 is 0 Å². The van der Waals surface area contributed by atoms with Crippen LogP contribution in [-0.4, -0.2) is 45.7 Å². The molecule has 0 unspecified atom stereocenters. The first kappa shape index (κ1) is 22.1. The smallest absolute Gasteiger partial charge is 0.223 e. The van der Waals surface area contributed by atoms with Crippen LogP contribution in [0.4, 0.5) is 0 Å². The second-order valence-corrected chi connectivity index (χ2v) is 8.59. The second kappa shape index (κ2) is 10.0. The number of rotatable bonds is 7. The SMILES string of the molecule is Cc1cc(Cc2ccccc2)cc([C@H]2CN(C(=O)CCc3nnc(C(C)C)o3)CCO2)n1. The summed E-state index contributed by atoms with van der Waals surface area (Å²) in [6.45, 7) is 7.58. The number of amides is 1. The van der Waals surface area contributed by atoms with Gasteiger partial charge in [-0.15, -0.1) is 10.2 Å². The highest BCUT2D eigenvalue weighted by atomic mass is 16.5. The summed E-state index contributed by atoms with van der Waals surface area (Å²) in [5.41, 5.74) is 4.29. The minimum absolute atomic E-state index is 0.0692. The van der Waals surface area contributed by atoms with Gasteiger partial charge in [-0.25, -0.2) is 0 Å². The largest absolute Gasteiger partial charge is 0.425 e. The highest BCUT2D eigenvalue weighted by Gasteiger charge is 2.27. The highest BCUT2D eigenvalue weighted by molar-refractivity contribution is 5.76. The number of morpholine rings is 1. The predicted octanol–water partition coefficient (Wildman–Crippen LogP) is 4.02. The molecule has 1 aliphatic heterocycles. The Bertz CT molecular complexity index is 1050. The summed E-state index contributed by atoms with van der Waals surface area (Å²) in [4.78, 5) is 19.4. The number of ether oxygens (including phenoxy) is 1. The second-order valence-electron chi connectivity index (χ2n) is 8.59. The van der Waals surface area contributed by atoms with E-state index in [2.05, 4.69) is 46.6 Å². The Kier molecular flexibility index (Phi) is 6.95. The zero-order valence-corrected chi connectivity index (χ0v) is 19.0. The molecule has 0 saturated carbocycles. The first-order chi connectivity index (χ1) is 15.5. The molecule has 7 heteroatoms. The normalized spacial score (nSPS) is 16.5. The number of carbonyl (C=O) groups excluding carboxylic acids is 1. The third-order valence-corrected chi connectivity index (χ3v) is 5.56. The lowest BCUT2D eigenvalue weighted by Gasteiger charge is -2.33. The van der Waals surface area contributed by atoms with E-state index in [1.54, 1.807) is 0 Å². The molecule has 0 bridgehead atoms. The van der Waals surface area contributed by atoms with Crippen molar-refractivity contribution in [1.82, 2.24) is 20.1 Å². The zero-order chi connectivity index (χ0) is 22.5. The van der Waals surface area contributed by atoms with Crippen molar-refractivity contribution in [3.8, 4) is 0 Å². The number of benzene rings is 1. The van der Waals surface area contributed by atoms with Crippen LogP contribution in [0.25, 0.3) is 0 Å². The molecule has 0 spiro atoms. The summed E-state index contributed by atoms with van der Waals surface area (Å²) >= 11 is 0. The quantitative estimate of drug-likeness (QED) is 0.559. The van der Waals surface area contributed by atoms with E-state index in [1.165, 1.54) is 11.1 Å². The maximum atomic E-state index is 12.8. The van der Waals surface area contributed by atoms with E-state index in [0.717, 1.165) is 17.8 Å². The maximum Gasteiger partial charge on any atom is 0.223 e. The average Bonchev–Trinajstić information content (AvgIpc) is 3.27. The van der Waals surface area contributed by atoms with Crippen molar-refractivity contribution in [2.45, 2.75) is 52.1 Å². The van der Waals surface area contributed by atoms with Crippen LogP contribution in [-0.2, 0) is 22.4 Å². The molecule has 1 aromatic carbocycles. The van der Waals surface area contributed by atoms with E-state index in [9.17, 15) is 4.79 Å². The molecule has 1 fully saturated rings. The van der Waals surface area contributed by atoms with Crippen LogP contribution in [0.2, 0.25) is 0 Å². The van der Waals surface area contributed by atoms with E-state index < -0.39 is 0 Å². The molecule has 7 nitrogen and oxygen atoms in total. The van der Waals surface area contributed by atoms with Gasteiger partial charge < -0.3 is 14.1 Å². The molecule has 0 radical (unpaired) electrons. The van der Waals surface area contributed by atoms with Crippen LogP contribution < -0.4 is 0 Å². The van der Waals surface area contributed by atoms with E-state index >= 15 is 0 Å². The molecule has 0 N–H and O–H groups in total. The molecule has 1 saturated heterocycles. The van der Waals surface area contributed by atoms with Crippen molar-refractivity contribution in [2.24, 2.45) is 0 Å². The standard InChI is InChI=1S/C25H30N4O3/c1-17(2)25-28-27-23(32-25)9-10-24(30)29-11-12-31-22(16-29)21-15-20(13-18(3)26-21)14-19-7-5-4-6-8-19/h4-8,13,15,17,22H,9-12,14,16H2,1-3H3/t22-/m1/s1. The molecule has 1 atom stereocenters. The summed E-state index contributed by atoms with van der Waals surface area (Å²) in [6, 6.07) is 14.6. The summed E-state index contributed by atoms with van der Waals surface area (Å²) in [5, 5.41) is 8.08. The fourth-order valence-corrected chi connectivity index (χ4v) is 3.89. The molecular weight excluding hydrogens is 404 g/mol. The van der Waals surface area contributed by atoms with Gasteiger partial charge in [0.05, 0.1) is 18.8 Å². The molecule has 1 aliphatic rings. The maximum absolute atomic E-state index is 12.8. The topological polar surface area (TPSA) is 81.4 Å². The van der Waals surface area contributed by atoms with Crippen LogP contribution in [0.3, 0.4) is 0 Å². The Morgan fingerprint density at radius 2 is 1.97 bits per heavy atom. The number of hydrogen-bond acceptors (Lipinski definition) is 6. The van der Waals surface area contributed by atoms with E-state index in [1.807, 2.05) is 31.7 Å². The number of hydrogen-bond donors (Lipinski definition) is 0. The van der Waals surface area contributed by atoms with Crippen LogP contribution in [0.15, 0.2) is 46.9 Å². The lowest BCUT2D eigenvalue weighted by molar-refractivity contribution is -0.139. The lowest BCUT2D eigenvalue weighted by Crippen LogP contribution is -2.42. The van der Waals surface area contributed by atoms with Gasteiger partial charge in [-0.3, -0.25) is 9.78 Å². The molecule has 1 amide bonds. The highest BCUT2D eigenvalue weighted by Crippen LogP contribution is 2.24. The summed E-state index contributed by atoms with van der Waals surface area (Å²) in [6.07, 6.45) is 1.41. The van der Waals surface area contributed by atoms with Gasteiger partial charge in [0, 0.05) is 31.0 Å². The summed E-state index contributed by atoms with van der Waals surface area (Å²) < 4.78 is 11.6. The molecule has 0 aliphatic carbocycles. The van der Waals surface area contributed by atoms with Gasteiger partial charge in [0.25, 0.3) is 0 Å². The van der Waals surface area contributed by atoms with Crippen molar-refractivity contribution in [2.75, 3.05) is 19.7 Å². The fourth-order valence-electron chi connectivity index (χ4n) is 3.89. The summed E-state index contributed by atoms with van der Waals surface area (Å²) in [5.74, 6) is 1.37. The van der Waals surface area contributed by atoms with E-state index in [4.69, 9.17) is 14.1 Å². The molecule has 168 valence electrons. The third kappa shape index (κ3) is 5.59. The van der Waals surface area contributed by atoms with Gasteiger partial charge in [-0.2, -0.15) is 0 Å². The lowest BCUT2D eigenvalue weighted by atomic mass is 10.0. The van der Waals surface area contributed by atoms with Crippen molar-refractivity contribution in [3.63, 3.8) is 0 Å². The van der Waals surface area contributed by atoms with Crippen molar-refractivity contribution >= 4 is 5.91 Å². The van der Waals surface area contributed by atoms with Gasteiger partial charge in [0.2, 0.25) is 17.7 Å². The van der Waals surface area contributed by atoms with E-state index in [-0.39, 0.29) is 17.9 Å². The Morgan fingerprint density at radius 3 is 2.72 bits per heavy atom. The minimum atomic E-state index is -0.224. The number of pyridine rings is 1. The first-order valence-corrected chi connectivity index (χ1v) is 11.2. The number of nitrogens with zero attached hydrogens (tertiary/aromatic N) is 4. The van der Waals surface area contributed by atoms with Gasteiger partial charge in [-0.1, -0.05) is 44.2 Å². The van der Waals surface area contributed by atoms with Crippen molar-refractivity contribution in [1.29, 1.82) is 0 Å². The minimum Gasteiger partial charge on any atom is -0.425 e. The average molecular weight is 435 g/mol. The fraction of sp³-hybridized carbons (Fsp3) is 0.440.